The highest BCUT2D eigenvalue weighted by molar-refractivity contribution is 8.76. The van der Waals surface area contributed by atoms with E-state index in [-0.39, 0.29) is 43.2 Å². The van der Waals surface area contributed by atoms with E-state index in [1.54, 1.807) is 20.1 Å². The van der Waals surface area contributed by atoms with Gasteiger partial charge < -0.3 is 74.4 Å². The summed E-state index contributed by atoms with van der Waals surface area (Å²) in [5.41, 5.74) is 11.6. The Balaban J connectivity index is 3.64. The molecule has 0 bridgehead atoms. The van der Waals surface area contributed by atoms with Gasteiger partial charge in [-0.05, 0) is 70.4 Å². The maximum absolute atomic E-state index is 13.8. The second kappa shape index (κ2) is 29.4. The molecule has 8 amide bonds. The monoisotopic (exact) mass is 940 g/mol. The van der Waals surface area contributed by atoms with E-state index in [9.17, 15) is 63.6 Å². The zero-order valence-electron chi connectivity index (χ0n) is 35.5. The number of carboxylic acid groups (broad SMARTS) is 1. The molecule has 0 aromatic heterocycles. The lowest BCUT2D eigenvalue weighted by molar-refractivity contribution is -0.141. The molecule has 1 heterocycles. The molecule has 1 aliphatic heterocycles. The van der Waals surface area contributed by atoms with Crippen molar-refractivity contribution in [2.75, 3.05) is 43.3 Å². The molecule has 0 aliphatic carbocycles. The zero-order valence-corrected chi connectivity index (χ0v) is 37.9. The molecule has 0 spiro atoms. The standard InChI is InChI=1S/C36H64N10O13S3/c1-17(2)12-23-32(54)40-21(8-6-7-10-37)30(52)39-18(3)28(50)45-26(36(58)59)16-62-61-15-20(38)29(51)43-25(14-48)34(56)46-27(19(4)49)35(57)44-24(13-47)33(55)41-22(9-11-60-5)31(53)42-23/h17-27,47-49H,6-16,37-38H2,1-5H3,(H,39,52)(H,40,54)(H,41,55)(H,42,53)(H,43,51)(H,44,57)(H,45,50)(H,46,56)(H,58,59)/t18-,19+,20-,21-,22-,23-,24-,25-,26-,27-/m0/s1. The number of amides is 8. The van der Waals surface area contributed by atoms with Gasteiger partial charge in [0.1, 0.15) is 48.3 Å². The molecule has 10 atom stereocenters. The topological polar surface area (TPSA) is 383 Å². The van der Waals surface area contributed by atoms with Crippen molar-refractivity contribution in [1.82, 2.24) is 42.5 Å². The van der Waals surface area contributed by atoms with Crippen molar-refractivity contribution < 1.29 is 63.6 Å². The first-order valence-electron chi connectivity index (χ1n) is 20.0. The number of carbonyl (C=O) groups is 9. The highest BCUT2D eigenvalue weighted by Gasteiger charge is 2.35. The lowest BCUT2D eigenvalue weighted by atomic mass is 10.0. The summed E-state index contributed by atoms with van der Waals surface area (Å²) in [4.78, 5) is 119. The predicted octanol–water partition coefficient (Wildman–Crippen LogP) is -5.01. The molecule has 354 valence electrons. The van der Waals surface area contributed by atoms with Crippen LogP contribution in [0.4, 0.5) is 0 Å². The van der Waals surface area contributed by atoms with Crippen LogP contribution in [0.25, 0.3) is 0 Å². The Kier molecular flexibility index (Phi) is 26.6. The van der Waals surface area contributed by atoms with Gasteiger partial charge in [0, 0.05) is 11.5 Å². The molecule has 26 heteroatoms. The van der Waals surface area contributed by atoms with Gasteiger partial charge in [0.2, 0.25) is 47.3 Å². The number of aliphatic hydroxyl groups is 3. The molecular weight excluding hydrogens is 877 g/mol. The Labute approximate surface area is 372 Å². The highest BCUT2D eigenvalue weighted by Crippen LogP contribution is 2.23. The highest BCUT2D eigenvalue weighted by atomic mass is 33.1. The summed E-state index contributed by atoms with van der Waals surface area (Å²) in [6.07, 6.45) is 1.18. The lowest BCUT2D eigenvalue weighted by Crippen LogP contribution is -2.62. The van der Waals surface area contributed by atoms with E-state index in [0.29, 0.717) is 18.6 Å². The molecule has 1 fully saturated rings. The van der Waals surface area contributed by atoms with Gasteiger partial charge in [-0.3, -0.25) is 38.4 Å². The number of aliphatic carboxylic acids is 1. The van der Waals surface area contributed by atoms with Gasteiger partial charge in [0.05, 0.1) is 25.4 Å². The Hall–Kier alpha value is -3.92. The molecule has 62 heavy (non-hydrogen) atoms. The van der Waals surface area contributed by atoms with Gasteiger partial charge in [0.25, 0.3) is 0 Å². The Morgan fingerprint density at radius 2 is 1.16 bits per heavy atom. The van der Waals surface area contributed by atoms with Crippen molar-refractivity contribution in [2.24, 2.45) is 17.4 Å². The van der Waals surface area contributed by atoms with E-state index >= 15 is 0 Å². The Morgan fingerprint density at radius 3 is 1.69 bits per heavy atom. The molecule has 16 N–H and O–H groups in total. The predicted molar refractivity (Wildman–Crippen MR) is 233 cm³/mol. The van der Waals surface area contributed by atoms with Crippen LogP contribution < -0.4 is 54.0 Å². The summed E-state index contributed by atoms with van der Waals surface area (Å²) in [6.45, 7) is 4.32. The molecule has 1 aliphatic rings. The largest absolute Gasteiger partial charge is 0.480 e. The molecule has 0 unspecified atom stereocenters. The summed E-state index contributed by atoms with van der Waals surface area (Å²) >= 11 is 1.33. The molecule has 0 aromatic rings. The summed E-state index contributed by atoms with van der Waals surface area (Å²) in [5, 5.41) is 59.4. The van der Waals surface area contributed by atoms with Crippen LogP contribution in [-0.2, 0) is 43.2 Å². The summed E-state index contributed by atoms with van der Waals surface area (Å²) in [5.74, 6) is -9.08. The van der Waals surface area contributed by atoms with Crippen molar-refractivity contribution in [3.63, 3.8) is 0 Å². The minimum atomic E-state index is -1.79. The van der Waals surface area contributed by atoms with Crippen molar-refractivity contribution >= 4 is 86.6 Å². The number of nitrogens with two attached hydrogens (primary N) is 2. The molecule has 0 radical (unpaired) electrons. The van der Waals surface area contributed by atoms with Gasteiger partial charge in [-0.25, -0.2) is 4.79 Å². The van der Waals surface area contributed by atoms with Crippen LogP contribution in [0.2, 0.25) is 0 Å². The van der Waals surface area contributed by atoms with Crippen LogP contribution >= 0.6 is 33.3 Å². The average molecular weight is 941 g/mol. The lowest BCUT2D eigenvalue weighted by Gasteiger charge is -2.28. The number of nitrogens with one attached hydrogen (secondary N) is 8. The molecule has 0 saturated carbocycles. The van der Waals surface area contributed by atoms with Crippen LogP contribution in [0.15, 0.2) is 0 Å². The van der Waals surface area contributed by atoms with Crippen LogP contribution in [0.1, 0.15) is 59.8 Å². The van der Waals surface area contributed by atoms with Crippen LogP contribution in [0, 0.1) is 5.92 Å². The molecular formula is C36H64N10O13S3. The molecule has 1 saturated heterocycles. The van der Waals surface area contributed by atoms with Crippen LogP contribution in [0.3, 0.4) is 0 Å². The SMILES string of the molecule is CSCC[C@@H]1NC(=O)[C@H](CO)NC(=O)[C@H]([C@@H](C)O)NC(=O)[C@H](CO)NC(=O)[C@@H](N)CSSC[C@@H](C(=O)O)NC(=O)[C@H](C)NC(=O)[C@H](CCCCN)NC(=O)[C@H](CC(C)C)NC1=O. The van der Waals surface area contributed by atoms with Gasteiger partial charge in [0.15, 0.2) is 0 Å². The second-order valence-corrected chi connectivity index (χ2v) is 18.4. The van der Waals surface area contributed by atoms with Crippen molar-refractivity contribution in [1.29, 1.82) is 0 Å². The van der Waals surface area contributed by atoms with E-state index in [2.05, 4.69) is 42.5 Å². The third-order valence-corrected chi connectivity index (χ3v) is 12.2. The van der Waals surface area contributed by atoms with Crippen molar-refractivity contribution in [2.45, 2.75) is 120 Å². The number of aliphatic hydroxyl groups excluding tert-OH is 3. The average Bonchev–Trinajstić information content (AvgIpc) is 3.21. The maximum atomic E-state index is 13.8. The third-order valence-electron chi connectivity index (χ3n) is 9.13. The first kappa shape index (κ1) is 56.1. The fourth-order valence-electron chi connectivity index (χ4n) is 5.54. The van der Waals surface area contributed by atoms with E-state index in [0.717, 1.165) is 28.5 Å². The molecule has 0 aromatic carbocycles. The number of hydrogen-bond acceptors (Lipinski definition) is 17. The molecule has 23 nitrogen and oxygen atoms in total. The minimum absolute atomic E-state index is 0.0231. The van der Waals surface area contributed by atoms with E-state index < -0.39 is 127 Å². The smallest absolute Gasteiger partial charge is 0.327 e. The quantitative estimate of drug-likeness (QED) is 0.0607. The molecule has 1 rings (SSSR count). The van der Waals surface area contributed by atoms with E-state index in [1.807, 2.05) is 0 Å². The van der Waals surface area contributed by atoms with E-state index in [4.69, 9.17) is 11.5 Å². The maximum Gasteiger partial charge on any atom is 0.327 e. The number of carbonyl (C=O) groups excluding carboxylic acids is 8. The minimum Gasteiger partial charge on any atom is -0.480 e. The number of unbranched alkanes of at least 4 members (excludes halogenated alkanes) is 1. The number of thioether (sulfide) groups is 1. The summed E-state index contributed by atoms with van der Waals surface area (Å²) < 4.78 is 0. The van der Waals surface area contributed by atoms with Gasteiger partial charge >= 0.3 is 5.97 Å². The number of rotatable bonds is 13. The van der Waals surface area contributed by atoms with Crippen molar-refractivity contribution in [3.05, 3.63) is 0 Å². The normalized spacial score (nSPS) is 28.3. The Bertz CT molecular complexity index is 1530. The number of carboxylic acids is 1. The fourth-order valence-corrected chi connectivity index (χ4v) is 8.29. The fraction of sp³-hybridized carbons (Fsp3) is 0.750. The van der Waals surface area contributed by atoms with Gasteiger partial charge in [-0.2, -0.15) is 11.8 Å². The first-order valence-corrected chi connectivity index (χ1v) is 23.8. The first-order chi connectivity index (χ1) is 29.2. The van der Waals surface area contributed by atoms with Gasteiger partial charge in [-0.1, -0.05) is 35.4 Å². The number of hydrogen-bond donors (Lipinski definition) is 14. The van der Waals surface area contributed by atoms with Crippen LogP contribution in [0.5, 0.6) is 0 Å². The van der Waals surface area contributed by atoms with E-state index in [1.165, 1.54) is 18.7 Å². The Morgan fingerprint density at radius 1 is 0.677 bits per heavy atom. The summed E-state index contributed by atoms with van der Waals surface area (Å²) in [6, 6.07) is -13.0. The van der Waals surface area contributed by atoms with Crippen molar-refractivity contribution in [3.8, 4) is 0 Å². The van der Waals surface area contributed by atoms with Gasteiger partial charge in [-0.15, -0.1) is 0 Å². The summed E-state index contributed by atoms with van der Waals surface area (Å²) in [7, 11) is 1.90. The third kappa shape index (κ3) is 20.1. The second-order valence-electron chi connectivity index (χ2n) is 14.9. The zero-order chi connectivity index (χ0) is 47.1. The van der Waals surface area contributed by atoms with Crippen LogP contribution in [-0.4, -0.2) is 177 Å².